The smallest absolute Gasteiger partial charge is 0.265 e. The Balaban J connectivity index is 1.75. The zero-order valence-electron chi connectivity index (χ0n) is 14.0. The lowest BCUT2D eigenvalue weighted by Crippen LogP contribution is -2.18. The van der Waals surface area contributed by atoms with Crippen LogP contribution in [-0.2, 0) is 0 Å². The third-order valence-corrected chi connectivity index (χ3v) is 5.15. The number of hydrogen-bond acceptors (Lipinski definition) is 5. The number of fused-ring (bicyclic) bond motifs is 1. The molecular formula is C20H14ClNO4S. The van der Waals surface area contributed by atoms with Crippen LogP contribution in [0.1, 0.15) is 25.6 Å². The third-order valence-electron chi connectivity index (χ3n) is 4.03. The Morgan fingerprint density at radius 2 is 1.70 bits per heavy atom. The van der Waals surface area contributed by atoms with E-state index in [9.17, 15) is 9.59 Å². The Bertz CT molecular complexity index is 1000. The number of ether oxygens (including phenoxy) is 2. The summed E-state index contributed by atoms with van der Waals surface area (Å²) in [7, 11) is 0. The minimum atomic E-state index is -0.285. The Labute approximate surface area is 164 Å². The first-order valence-electron chi connectivity index (χ1n) is 8.20. The molecule has 0 bridgehead atoms. The fourth-order valence-corrected chi connectivity index (χ4v) is 3.47. The van der Waals surface area contributed by atoms with Crippen molar-refractivity contribution in [3.63, 3.8) is 0 Å². The van der Waals surface area contributed by atoms with Crippen molar-refractivity contribution in [3.05, 3.63) is 74.9 Å². The first kappa shape index (κ1) is 17.6. The predicted molar refractivity (Wildman–Crippen MR) is 105 cm³/mol. The molecule has 2 heterocycles. The Kier molecular flexibility index (Phi) is 4.83. The molecule has 1 N–H and O–H groups in total. The predicted octanol–water partition coefficient (Wildman–Crippen LogP) is 4.66. The molecule has 1 amide bonds. The SMILES string of the molecule is O=C(Nc1cc2c(cc1C(=O)c1ccc(Cl)cc1)OCCO2)c1cccs1. The van der Waals surface area contributed by atoms with Gasteiger partial charge in [0.1, 0.15) is 13.2 Å². The van der Waals surface area contributed by atoms with E-state index in [0.29, 0.717) is 51.4 Å². The van der Waals surface area contributed by atoms with Crippen LogP contribution in [0.4, 0.5) is 5.69 Å². The maximum atomic E-state index is 13.0. The van der Waals surface area contributed by atoms with Crippen LogP contribution in [0.25, 0.3) is 0 Å². The largest absolute Gasteiger partial charge is 0.486 e. The zero-order valence-corrected chi connectivity index (χ0v) is 15.6. The average Bonchev–Trinajstić information content (AvgIpc) is 3.22. The number of anilines is 1. The van der Waals surface area contributed by atoms with E-state index in [2.05, 4.69) is 5.32 Å². The second-order valence-corrected chi connectivity index (χ2v) is 7.19. The number of ketones is 1. The van der Waals surface area contributed by atoms with Crippen LogP contribution < -0.4 is 14.8 Å². The molecule has 0 atom stereocenters. The van der Waals surface area contributed by atoms with E-state index in [0.717, 1.165) is 0 Å². The maximum absolute atomic E-state index is 13.0. The summed E-state index contributed by atoms with van der Waals surface area (Å²) < 4.78 is 11.2. The summed E-state index contributed by atoms with van der Waals surface area (Å²) >= 11 is 7.23. The number of carbonyl (C=O) groups is 2. The second kappa shape index (κ2) is 7.42. The highest BCUT2D eigenvalue weighted by molar-refractivity contribution is 7.12. The molecule has 5 nitrogen and oxygen atoms in total. The quantitative estimate of drug-likeness (QED) is 0.648. The molecule has 0 aliphatic carbocycles. The average molecular weight is 400 g/mol. The topological polar surface area (TPSA) is 64.6 Å². The van der Waals surface area contributed by atoms with Crippen molar-refractivity contribution in [3.8, 4) is 11.5 Å². The standard InChI is InChI=1S/C20H14ClNO4S/c21-13-5-3-12(4-6-13)19(23)14-10-16-17(26-8-7-25-16)11-15(14)22-20(24)18-2-1-9-27-18/h1-6,9-11H,7-8H2,(H,22,24). The number of benzene rings is 2. The van der Waals surface area contributed by atoms with Crippen LogP contribution in [0.3, 0.4) is 0 Å². The summed E-state index contributed by atoms with van der Waals surface area (Å²) in [6.45, 7) is 0.818. The van der Waals surface area contributed by atoms with Gasteiger partial charge in [-0.25, -0.2) is 0 Å². The van der Waals surface area contributed by atoms with Gasteiger partial charge in [0, 0.05) is 16.7 Å². The molecule has 0 radical (unpaired) electrons. The molecule has 1 aliphatic rings. The van der Waals surface area contributed by atoms with E-state index >= 15 is 0 Å². The molecule has 0 spiro atoms. The Morgan fingerprint density at radius 3 is 2.37 bits per heavy atom. The van der Waals surface area contributed by atoms with Crippen molar-refractivity contribution >= 4 is 40.3 Å². The molecule has 3 aromatic rings. The summed E-state index contributed by atoms with van der Waals surface area (Å²) in [6.07, 6.45) is 0. The van der Waals surface area contributed by atoms with Crippen molar-refractivity contribution in [2.24, 2.45) is 0 Å². The van der Waals surface area contributed by atoms with Gasteiger partial charge < -0.3 is 14.8 Å². The normalized spacial score (nSPS) is 12.5. The number of halogens is 1. The number of nitrogens with one attached hydrogen (secondary N) is 1. The number of thiophene rings is 1. The molecule has 4 rings (SSSR count). The number of amides is 1. The van der Waals surface area contributed by atoms with E-state index in [1.54, 1.807) is 48.5 Å². The molecule has 7 heteroatoms. The van der Waals surface area contributed by atoms with E-state index < -0.39 is 0 Å². The van der Waals surface area contributed by atoms with Crippen molar-refractivity contribution < 1.29 is 19.1 Å². The van der Waals surface area contributed by atoms with Crippen LogP contribution in [0.15, 0.2) is 53.9 Å². The first-order chi connectivity index (χ1) is 13.1. The summed E-state index contributed by atoms with van der Waals surface area (Å²) in [5.74, 6) is 0.444. The van der Waals surface area contributed by atoms with Crippen LogP contribution in [0, 0.1) is 0 Å². The minimum absolute atomic E-state index is 0.245. The molecule has 136 valence electrons. The summed E-state index contributed by atoms with van der Waals surface area (Å²) in [5, 5.41) is 5.17. The van der Waals surface area contributed by atoms with E-state index in [1.165, 1.54) is 11.3 Å². The summed E-state index contributed by atoms with van der Waals surface area (Å²) in [4.78, 5) is 26.1. The minimum Gasteiger partial charge on any atom is -0.486 e. The zero-order chi connectivity index (χ0) is 18.8. The molecule has 0 saturated carbocycles. The van der Waals surface area contributed by atoms with Crippen molar-refractivity contribution in [2.75, 3.05) is 18.5 Å². The van der Waals surface area contributed by atoms with Gasteiger partial charge in [0.05, 0.1) is 16.1 Å². The number of carbonyl (C=O) groups excluding carboxylic acids is 2. The lowest BCUT2D eigenvalue weighted by molar-refractivity contribution is 0.103. The van der Waals surface area contributed by atoms with Crippen molar-refractivity contribution in [1.29, 1.82) is 0 Å². The first-order valence-corrected chi connectivity index (χ1v) is 9.46. The van der Waals surface area contributed by atoms with Crippen LogP contribution in [-0.4, -0.2) is 24.9 Å². The van der Waals surface area contributed by atoms with Gasteiger partial charge in [-0.05, 0) is 41.8 Å². The molecule has 1 aromatic heterocycles. The second-order valence-electron chi connectivity index (χ2n) is 5.81. The Morgan fingerprint density at radius 1 is 1.00 bits per heavy atom. The van der Waals surface area contributed by atoms with Gasteiger partial charge in [0.2, 0.25) is 0 Å². The van der Waals surface area contributed by atoms with E-state index in [-0.39, 0.29) is 11.7 Å². The van der Waals surface area contributed by atoms with E-state index in [4.69, 9.17) is 21.1 Å². The number of hydrogen-bond donors (Lipinski definition) is 1. The van der Waals surface area contributed by atoms with Crippen LogP contribution >= 0.6 is 22.9 Å². The highest BCUT2D eigenvalue weighted by atomic mass is 35.5. The maximum Gasteiger partial charge on any atom is 0.265 e. The van der Waals surface area contributed by atoms with Gasteiger partial charge in [0.25, 0.3) is 5.91 Å². The molecule has 0 unspecified atom stereocenters. The molecule has 2 aromatic carbocycles. The van der Waals surface area contributed by atoms with Gasteiger partial charge in [-0.3, -0.25) is 9.59 Å². The van der Waals surface area contributed by atoms with Crippen LogP contribution in [0.5, 0.6) is 11.5 Å². The van der Waals surface area contributed by atoms with Crippen molar-refractivity contribution in [1.82, 2.24) is 0 Å². The summed E-state index contributed by atoms with van der Waals surface area (Å²) in [6, 6.07) is 13.3. The molecular weight excluding hydrogens is 386 g/mol. The molecule has 0 fully saturated rings. The molecule has 1 aliphatic heterocycles. The third kappa shape index (κ3) is 3.67. The fourth-order valence-electron chi connectivity index (χ4n) is 2.73. The highest BCUT2D eigenvalue weighted by Crippen LogP contribution is 2.37. The van der Waals surface area contributed by atoms with Crippen molar-refractivity contribution in [2.45, 2.75) is 0 Å². The number of rotatable bonds is 4. The van der Waals surface area contributed by atoms with Gasteiger partial charge in [0.15, 0.2) is 17.3 Å². The van der Waals surface area contributed by atoms with Gasteiger partial charge in [-0.15, -0.1) is 11.3 Å². The highest BCUT2D eigenvalue weighted by Gasteiger charge is 2.22. The molecule has 27 heavy (non-hydrogen) atoms. The monoisotopic (exact) mass is 399 g/mol. The van der Waals surface area contributed by atoms with Gasteiger partial charge in [-0.2, -0.15) is 0 Å². The van der Waals surface area contributed by atoms with Gasteiger partial charge >= 0.3 is 0 Å². The van der Waals surface area contributed by atoms with Gasteiger partial charge in [-0.1, -0.05) is 17.7 Å². The fraction of sp³-hybridized carbons (Fsp3) is 0.100. The lowest BCUT2D eigenvalue weighted by Gasteiger charge is -2.21. The van der Waals surface area contributed by atoms with E-state index in [1.807, 2.05) is 5.38 Å². The Hall–Kier alpha value is -2.83. The van der Waals surface area contributed by atoms with Crippen LogP contribution in [0.2, 0.25) is 5.02 Å². The lowest BCUT2D eigenvalue weighted by atomic mass is 10.0. The summed E-state index contributed by atoms with van der Waals surface area (Å²) in [5.41, 5.74) is 1.16. The molecule has 0 saturated heterocycles.